The van der Waals surface area contributed by atoms with Crippen molar-refractivity contribution < 1.29 is 18.5 Å². The van der Waals surface area contributed by atoms with Gasteiger partial charge in [0.15, 0.2) is 11.5 Å². The Morgan fingerprint density at radius 2 is 1.92 bits per heavy atom. The third-order valence-corrected chi connectivity index (χ3v) is 4.71. The van der Waals surface area contributed by atoms with Crippen molar-refractivity contribution in [3.05, 3.63) is 53.2 Å². The van der Waals surface area contributed by atoms with E-state index in [-0.39, 0.29) is 35.9 Å². The average Bonchev–Trinajstić information content (AvgIpc) is 3.57. The zero-order valence-corrected chi connectivity index (χ0v) is 14.3. The maximum absolute atomic E-state index is 13.1. The van der Waals surface area contributed by atoms with E-state index in [9.17, 15) is 14.0 Å². The number of amides is 2. The predicted molar refractivity (Wildman–Crippen MR) is 90.9 cm³/mol. The molecule has 0 bridgehead atoms. The van der Waals surface area contributed by atoms with Crippen LogP contribution in [0.2, 0.25) is 0 Å². The van der Waals surface area contributed by atoms with Gasteiger partial charge < -0.3 is 14.7 Å². The van der Waals surface area contributed by atoms with E-state index >= 15 is 0 Å². The maximum Gasteiger partial charge on any atom is 0.273 e. The van der Waals surface area contributed by atoms with E-state index in [1.54, 1.807) is 11.0 Å². The molecule has 2 aliphatic rings. The van der Waals surface area contributed by atoms with Crippen LogP contribution in [0.25, 0.3) is 0 Å². The van der Waals surface area contributed by atoms with E-state index in [0.717, 1.165) is 25.7 Å². The summed E-state index contributed by atoms with van der Waals surface area (Å²) in [5, 5.41) is 6.66. The normalized spacial score (nSPS) is 16.3. The second-order valence-corrected chi connectivity index (χ2v) is 7.00. The Morgan fingerprint density at radius 1 is 1.19 bits per heavy atom. The minimum atomic E-state index is -0.378. The fraction of sp³-hybridized carbons (Fsp3) is 0.421. The Balaban J connectivity index is 1.42. The molecule has 0 saturated heterocycles. The first kappa shape index (κ1) is 16.8. The van der Waals surface area contributed by atoms with E-state index in [1.165, 1.54) is 24.3 Å². The van der Waals surface area contributed by atoms with E-state index in [4.69, 9.17) is 4.52 Å². The van der Waals surface area contributed by atoms with Crippen molar-refractivity contribution in [1.29, 1.82) is 0 Å². The largest absolute Gasteiger partial charge is 0.359 e. The SMILES string of the molecule is O=C(NCC1CC1)c1cc(CN(C(=O)c2ccc(F)cc2)C2CC2)on1. The third-order valence-electron chi connectivity index (χ3n) is 4.71. The first-order valence-corrected chi connectivity index (χ1v) is 8.90. The number of benzene rings is 1. The molecule has 2 amide bonds. The highest BCUT2D eigenvalue weighted by molar-refractivity contribution is 5.94. The summed E-state index contributed by atoms with van der Waals surface area (Å²) in [7, 11) is 0. The van der Waals surface area contributed by atoms with Gasteiger partial charge in [0, 0.05) is 24.2 Å². The number of hydrogen-bond donors (Lipinski definition) is 1. The van der Waals surface area contributed by atoms with Gasteiger partial charge in [-0.1, -0.05) is 5.16 Å². The molecule has 1 aromatic carbocycles. The van der Waals surface area contributed by atoms with Crippen LogP contribution < -0.4 is 5.32 Å². The molecule has 1 heterocycles. The molecule has 0 unspecified atom stereocenters. The maximum atomic E-state index is 13.1. The Morgan fingerprint density at radius 3 is 2.58 bits per heavy atom. The molecule has 1 N–H and O–H groups in total. The van der Waals surface area contributed by atoms with Gasteiger partial charge in [-0.3, -0.25) is 9.59 Å². The molecule has 4 rings (SSSR count). The van der Waals surface area contributed by atoms with Crippen molar-refractivity contribution in [2.75, 3.05) is 6.54 Å². The zero-order valence-electron chi connectivity index (χ0n) is 14.3. The van der Waals surface area contributed by atoms with E-state index in [2.05, 4.69) is 10.5 Å². The quantitative estimate of drug-likeness (QED) is 0.827. The number of aromatic nitrogens is 1. The van der Waals surface area contributed by atoms with Crippen molar-refractivity contribution >= 4 is 11.8 Å². The van der Waals surface area contributed by atoms with Gasteiger partial charge in [0.2, 0.25) is 0 Å². The third kappa shape index (κ3) is 3.92. The lowest BCUT2D eigenvalue weighted by atomic mass is 10.2. The number of rotatable bonds is 7. The summed E-state index contributed by atoms with van der Waals surface area (Å²) in [5.74, 6) is 0.239. The van der Waals surface area contributed by atoms with Crippen LogP contribution in [0, 0.1) is 11.7 Å². The summed E-state index contributed by atoms with van der Waals surface area (Å²) < 4.78 is 18.3. The molecule has 2 aliphatic carbocycles. The molecule has 2 saturated carbocycles. The van der Waals surface area contributed by atoms with Gasteiger partial charge in [-0.2, -0.15) is 0 Å². The standard InChI is InChI=1S/C19H20FN3O3/c20-14-5-3-13(4-6-14)19(25)23(15-7-8-15)11-16-9-17(22-26-16)18(24)21-10-12-1-2-12/h3-6,9,12,15H,1-2,7-8,10-11H2,(H,21,24). The van der Waals surface area contributed by atoms with Crippen LogP contribution in [-0.4, -0.2) is 34.5 Å². The molecule has 6 nitrogen and oxygen atoms in total. The van der Waals surface area contributed by atoms with Crippen molar-refractivity contribution in [1.82, 2.24) is 15.4 Å². The minimum Gasteiger partial charge on any atom is -0.359 e. The lowest BCUT2D eigenvalue weighted by Crippen LogP contribution is -2.32. The first-order chi connectivity index (χ1) is 12.6. The van der Waals surface area contributed by atoms with Crippen molar-refractivity contribution in [3.63, 3.8) is 0 Å². The van der Waals surface area contributed by atoms with Crippen LogP contribution in [0.4, 0.5) is 4.39 Å². The lowest BCUT2D eigenvalue weighted by Gasteiger charge is -2.21. The highest BCUT2D eigenvalue weighted by Gasteiger charge is 2.34. The molecule has 7 heteroatoms. The second kappa shape index (κ2) is 6.90. The molecule has 2 fully saturated rings. The summed E-state index contributed by atoms with van der Waals surface area (Å²) >= 11 is 0. The van der Waals surface area contributed by atoms with Crippen LogP contribution in [-0.2, 0) is 6.54 Å². The molecule has 0 spiro atoms. The van der Waals surface area contributed by atoms with Gasteiger partial charge in [0.05, 0.1) is 6.54 Å². The molecule has 0 atom stereocenters. The van der Waals surface area contributed by atoms with Crippen LogP contribution in [0.3, 0.4) is 0 Å². The number of carbonyl (C=O) groups excluding carboxylic acids is 2. The smallest absolute Gasteiger partial charge is 0.273 e. The molecular weight excluding hydrogens is 337 g/mol. The molecule has 1 aromatic heterocycles. The first-order valence-electron chi connectivity index (χ1n) is 8.90. The van der Waals surface area contributed by atoms with E-state index < -0.39 is 0 Å². The molecular formula is C19H20FN3O3. The summed E-state index contributed by atoms with van der Waals surface area (Å²) in [6, 6.07) is 7.22. The molecule has 26 heavy (non-hydrogen) atoms. The van der Waals surface area contributed by atoms with Gasteiger partial charge in [-0.05, 0) is 55.9 Å². The van der Waals surface area contributed by atoms with Gasteiger partial charge in [0.1, 0.15) is 5.82 Å². The molecule has 136 valence electrons. The van der Waals surface area contributed by atoms with Gasteiger partial charge in [-0.25, -0.2) is 4.39 Å². The Hall–Kier alpha value is -2.70. The Bertz CT molecular complexity index is 810. The van der Waals surface area contributed by atoms with Crippen LogP contribution in [0.5, 0.6) is 0 Å². The second-order valence-electron chi connectivity index (χ2n) is 7.00. The zero-order chi connectivity index (χ0) is 18.1. The number of nitrogens with zero attached hydrogens (tertiary/aromatic N) is 2. The Labute approximate surface area is 150 Å². The van der Waals surface area contributed by atoms with Gasteiger partial charge in [0.25, 0.3) is 11.8 Å². The number of hydrogen-bond acceptors (Lipinski definition) is 4. The molecule has 0 aliphatic heterocycles. The van der Waals surface area contributed by atoms with Crippen LogP contribution in [0.1, 0.15) is 52.3 Å². The van der Waals surface area contributed by atoms with Gasteiger partial charge >= 0.3 is 0 Å². The van der Waals surface area contributed by atoms with Crippen molar-refractivity contribution in [2.24, 2.45) is 5.92 Å². The summed E-state index contributed by atoms with van der Waals surface area (Å²) in [4.78, 5) is 26.5. The van der Waals surface area contributed by atoms with Crippen molar-refractivity contribution in [2.45, 2.75) is 38.3 Å². The molecule has 0 radical (unpaired) electrons. The summed E-state index contributed by atoms with van der Waals surface area (Å²) in [6.07, 6.45) is 4.17. The summed E-state index contributed by atoms with van der Waals surface area (Å²) in [6.45, 7) is 0.905. The van der Waals surface area contributed by atoms with E-state index in [0.29, 0.717) is 23.8 Å². The highest BCUT2D eigenvalue weighted by atomic mass is 19.1. The van der Waals surface area contributed by atoms with Crippen LogP contribution in [0.15, 0.2) is 34.9 Å². The predicted octanol–water partition coefficient (Wildman–Crippen LogP) is 2.76. The lowest BCUT2D eigenvalue weighted by molar-refractivity contribution is 0.0712. The average molecular weight is 357 g/mol. The molecule has 2 aromatic rings. The number of carbonyl (C=O) groups is 2. The monoisotopic (exact) mass is 357 g/mol. The van der Waals surface area contributed by atoms with Crippen LogP contribution >= 0.6 is 0 Å². The Kier molecular flexibility index (Phi) is 4.44. The topological polar surface area (TPSA) is 75.4 Å². The van der Waals surface area contributed by atoms with Crippen molar-refractivity contribution in [3.8, 4) is 0 Å². The minimum absolute atomic E-state index is 0.143. The fourth-order valence-corrected chi connectivity index (χ4v) is 2.82. The van der Waals surface area contributed by atoms with E-state index in [1.807, 2.05) is 0 Å². The highest BCUT2D eigenvalue weighted by Crippen LogP contribution is 2.30. The number of nitrogens with one attached hydrogen (secondary N) is 1. The summed E-state index contributed by atoms with van der Waals surface area (Å²) in [5.41, 5.74) is 0.658. The van der Waals surface area contributed by atoms with Gasteiger partial charge in [-0.15, -0.1) is 0 Å². The fourth-order valence-electron chi connectivity index (χ4n) is 2.82. The number of halogens is 1.